The van der Waals surface area contributed by atoms with Crippen molar-refractivity contribution in [2.75, 3.05) is 18.4 Å². The maximum Gasteiger partial charge on any atom is 0.410 e. The molecule has 0 saturated carbocycles. The van der Waals surface area contributed by atoms with Gasteiger partial charge < -0.3 is 15.0 Å². The lowest BCUT2D eigenvalue weighted by molar-refractivity contribution is 0.0105. The fourth-order valence-corrected chi connectivity index (χ4v) is 2.17. The van der Waals surface area contributed by atoms with Gasteiger partial charge in [-0.25, -0.2) is 4.79 Å². The summed E-state index contributed by atoms with van der Waals surface area (Å²) in [5.74, 6) is 0. The van der Waals surface area contributed by atoms with Gasteiger partial charge in [0.05, 0.1) is 17.3 Å². The molecule has 0 atom stereocenters. The summed E-state index contributed by atoms with van der Waals surface area (Å²) in [7, 11) is 0. The molecule has 112 valence electrons. The van der Waals surface area contributed by atoms with Gasteiger partial charge in [0.1, 0.15) is 11.7 Å². The van der Waals surface area contributed by atoms with Gasteiger partial charge in [-0.15, -0.1) is 0 Å². The van der Waals surface area contributed by atoms with E-state index < -0.39 is 5.60 Å². The molecule has 1 amide bonds. The van der Waals surface area contributed by atoms with Gasteiger partial charge in [-0.3, -0.25) is 0 Å². The molecule has 1 aromatic carbocycles. The Morgan fingerprint density at radius 2 is 2.14 bits per heavy atom. The number of nitrogens with zero attached hydrogens (tertiary/aromatic N) is 2. The number of likely N-dealkylation sites (tertiary alicyclic amines) is 1. The van der Waals surface area contributed by atoms with Crippen molar-refractivity contribution in [3.05, 3.63) is 28.8 Å². The number of ether oxygens (including phenoxy) is 1. The standard InChI is InChI=1S/C15H18ClN3O2/c1-15(2,3)21-14(20)19-8-12(9-19)18-13-6-11(16)5-4-10(13)7-17/h4-6,12,18H,8-9H2,1-3H3. The minimum absolute atomic E-state index is 0.100. The van der Waals surface area contributed by atoms with Crippen LogP contribution in [-0.4, -0.2) is 35.7 Å². The van der Waals surface area contributed by atoms with Crippen molar-refractivity contribution in [3.8, 4) is 6.07 Å². The number of halogens is 1. The highest BCUT2D eigenvalue weighted by Gasteiger charge is 2.33. The van der Waals surface area contributed by atoms with Crippen LogP contribution in [0.25, 0.3) is 0 Å². The highest BCUT2D eigenvalue weighted by Crippen LogP contribution is 2.24. The van der Waals surface area contributed by atoms with E-state index in [-0.39, 0.29) is 12.1 Å². The first-order valence-electron chi connectivity index (χ1n) is 6.72. The van der Waals surface area contributed by atoms with Crippen LogP contribution in [0.2, 0.25) is 5.02 Å². The van der Waals surface area contributed by atoms with Gasteiger partial charge in [0.2, 0.25) is 0 Å². The van der Waals surface area contributed by atoms with Gasteiger partial charge in [-0.05, 0) is 39.0 Å². The number of carbonyl (C=O) groups excluding carboxylic acids is 1. The summed E-state index contributed by atoms with van der Waals surface area (Å²) >= 11 is 5.94. The molecule has 6 heteroatoms. The predicted octanol–water partition coefficient (Wildman–Crippen LogP) is 3.24. The van der Waals surface area contributed by atoms with Crippen molar-refractivity contribution in [2.24, 2.45) is 0 Å². The van der Waals surface area contributed by atoms with E-state index >= 15 is 0 Å². The average Bonchev–Trinajstić information content (AvgIpc) is 2.31. The monoisotopic (exact) mass is 307 g/mol. The van der Waals surface area contributed by atoms with Crippen molar-refractivity contribution < 1.29 is 9.53 Å². The normalized spacial score (nSPS) is 15.1. The van der Waals surface area contributed by atoms with E-state index in [1.54, 1.807) is 23.1 Å². The van der Waals surface area contributed by atoms with Gasteiger partial charge in [-0.2, -0.15) is 5.26 Å². The van der Waals surface area contributed by atoms with Crippen LogP contribution in [0.15, 0.2) is 18.2 Å². The third-order valence-corrected chi connectivity index (χ3v) is 3.23. The molecule has 1 fully saturated rings. The summed E-state index contributed by atoms with van der Waals surface area (Å²) in [5, 5.41) is 12.9. The molecular formula is C15H18ClN3O2. The predicted molar refractivity (Wildman–Crippen MR) is 81.4 cm³/mol. The molecule has 1 saturated heterocycles. The summed E-state index contributed by atoms with van der Waals surface area (Å²) < 4.78 is 5.29. The minimum Gasteiger partial charge on any atom is -0.444 e. The number of amides is 1. The van der Waals surface area contributed by atoms with Crippen molar-refractivity contribution >= 4 is 23.4 Å². The van der Waals surface area contributed by atoms with Crippen LogP contribution in [0.4, 0.5) is 10.5 Å². The maximum atomic E-state index is 11.8. The highest BCUT2D eigenvalue weighted by molar-refractivity contribution is 6.30. The van der Waals surface area contributed by atoms with Crippen LogP contribution in [-0.2, 0) is 4.74 Å². The SMILES string of the molecule is CC(C)(C)OC(=O)N1CC(Nc2cc(Cl)ccc2C#N)C1. The lowest BCUT2D eigenvalue weighted by atomic mass is 10.1. The van der Waals surface area contributed by atoms with Crippen LogP contribution < -0.4 is 5.32 Å². The van der Waals surface area contributed by atoms with Crippen molar-refractivity contribution in [1.29, 1.82) is 5.26 Å². The number of hydrogen-bond donors (Lipinski definition) is 1. The van der Waals surface area contributed by atoms with Gasteiger partial charge >= 0.3 is 6.09 Å². The molecule has 5 nitrogen and oxygen atoms in total. The summed E-state index contributed by atoms with van der Waals surface area (Å²) in [4.78, 5) is 13.4. The third-order valence-electron chi connectivity index (χ3n) is 2.99. The maximum absolute atomic E-state index is 11.8. The fraction of sp³-hybridized carbons (Fsp3) is 0.467. The van der Waals surface area contributed by atoms with E-state index in [4.69, 9.17) is 21.6 Å². The Hall–Kier alpha value is -1.93. The zero-order chi connectivity index (χ0) is 15.6. The molecule has 0 spiro atoms. The average molecular weight is 308 g/mol. The molecule has 0 radical (unpaired) electrons. The van der Waals surface area contributed by atoms with E-state index in [2.05, 4.69) is 11.4 Å². The molecule has 21 heavy (non-hydrogen) atoms. The Bertz CT molecular complexity index is 584. The molecule has 0 unspecified atom stereocenters. The Morgan fingerprint density at radius 3 is 2.71 bits per heavy atom. The molecule has 1 aliphatic heterocycles. The van der Waals surface area contributed by atoms with Crippen molar-refractivity contribution in [3.63, 3.8) is 0 Å². The van der Waals surface area contributed by atoms with Crippen LogP contribution in [0.5, 0.6) is 0 Å². The van der Waals surface area contributed by atoms with Gasteiger partial charge in [0, 0.05) is 18.1 Å². The Labute approximate surface area is 129 Å². The number of nitriles is 1. The molecule has 1 aromatic rings. The van der Waals surface area contributed by atoms with E-state index in [0.717, 1.165) is 0 Å². The summed E-state index contributed by atoms with van der Waals surface area (Å²) in [6, 6.07) is 7.29. The number of benzene rings is 1. The summed E-state index contributed by atoms with van der Waals surface area (Å²) in [5.41, 5.74) is 0.741. The second-order valence-electron chi connectivity index (χ2n) is 6.03. The Balaban J connectivity index is 1.90. The van der Waals surface area contributed by atoms with Crippen molar-refractivity contribution in [1.82, 2.24) is 4.90 Å². The molecule has 0 bridgehead atoms. The molecular weight excluding hydrogens is 290 g/mol. The van der Waals surface area contributed by atoms with Gasteiger partial charge in [0.15, 0.2) is 0 Å². The first kappa shape index (κ1) is 15.5. The second-order valence-corrected chi connectivity index (χ2v) is 6.46. The van der Waals surface area contributed by atoms with Gasteiger partial charge in [0.25, 0.3) is 0 Å². The van der Waals surface area contributed by atoms with Crippen molar-refractivity contribution in [2.45, 2.75) is 32.4 Å². The van der Waals surface area contributed by atoms with Crippen LogP contribution in [0.1, 0.15) is 26.3 Å². The smallest absolute Gasteiger partial charge is 0.410 e. The first-order chi connectivity index (χ1) is 9.78. The van der Waals surface area contributed by atoms with Gasteiger partial charge in [-0.1, -0.05) is 11.6 Å². The lowest BCUT2D eigenvalue weighted by Crippen LogP contribution is -2.58. The lowest BCUT2D eigenvalue weighted by Gasteiger charge is -2.40. The van der Waals surface area contributed by atoms with Crippen LogP contribution >= 0.6 is 11.6 Å². The summed E-state index contributed by atoms with van der Waals surface area (Å²) in [6.45, 7) is 6.61. The van der Waals surface area contributed by atoms with E-state index in [0.29, 0.717) is 29.4 Å². The highest BCUT2D eigenvalue weighted by atomic mass is 35.5. The Morgan fingerprint density at radius 1 is 1.48 bits per heavy atom. The second kappa shape index (κ2) is 5.82. The first-order valence-corrected chi connectivity index (χ1v) is 7.10. The molecule has 1 aliphatic rings. The van der Waals surface area contributed by atoms with E-state index in [9.17, 15) is 4.79 Å². The fourth-order valence-electron chi connectivity index (χ4n) is 2.00. The minimum atomic E-state index is -0.490. The topological polar surface area (TPSA) is 65.4 Å². The molecule has 2 rings (SSSR count). The van der Waals surface area contributed by atoms with Crippen LogP contribution in [0, 0.1) is 11.3 Å². The van der Waals surface area contributed by atoms with E-state index in [1.807, 2.05) is 20.8 Å². The zero-order valence-electron chi connectivity index (χ0n) is 12.3. The molecule has 1 N–H and O–H groups in total. The number of rotatable bonds is 2. The van der Waals surface area contributed by atoms with E-state index in [1.165, 1.54) is 0 Å². The molecule has 1 heterocycles. The quantitative estimate of drug-likeness (QED) is 0.911. The number of hydrogen-bond acceptors (Lipinski definition) is 4. The summed E-state index contributed by atoms with van der Waals surface area (Å²) in [6.07, 6.45) is -0.313. The largest absolute Gasteiger partial charge is 0.444 e. The van der Waals surface area contributed by atoms with Crippen LogP contribution in [0.3, 0.4) is 0 Å². The number of nitrogens with one attached hydrogen (secondary N) is 1. The third kappa shape index (κ3) is 4.02. The number of carbonyl (C=O) groups is 1. The number of anilines is 1. The molecule has 0 aliphatic carbocycles. The zero-order valence-corrected chi connectivity index (χ0v) is 13.1. The Kier molecular flexibility index (Phi) is 4.29. The molecule has 0 aromatic heterocycles.